The maximum atomic E-state index is 11.6. The van der Waals surface area contributed by atoms with Crippen molar-refractivity contribution in [1.82, 2.24) is 10.2 Å². The number of rotatable bonds is 4. The lowest BCUT2D eigenvalue weighted by atomic mass is 10.2. The molecule has 0 spiro atoms. The van der Waals surface area contributed by atoms with Gasteiger partial charge in [0.15, 0.2) is 0 Å². The van der Waals surface area contributed by atoms with Gasteiger partial charge in [-0.2, -0.15) is 0 Å². The van der Waals surface area contributed by atoms with Crippen molar-refractivity contribution in [2.75, 3.05) is 5.32 Å². The highest BCUT2D eigenvalue weighted by atomic mass is 32.1. The van der Waals surface area contributed by atoms with Crippen LogP contribution in [0.5, 0.6) is 0 Å². The Morgan fingerprint density at radius 1 is 1.33 bits per heavy atom. The van der Waals surface area contributed by atoms with Crippen molar-refractivity contribution in [1.29, 1.82) is 0 Å². The summed E-state index contributed by atoms with van der Waals surface area (Å²) in [6.45, 7) is 2.00. The van der Waals surface area contributed by atoms with E-state index in [2.05, 4.69) is 15.5 Å². The lowest BCUT2D eigenvalue weighted by molar-refractivity contribution is -0.111. The minimum Gasteiger partial charge on any atom is -0.297 e. The SMILES string of the molecule is CCc1nnc(NC(=O)C=Cc2ccccc2)s1. The molecule has 92 valence electrons. The third-order valence-electron chi connectivity index (χ3n) is 2.23. The molecule has 0 radical (unpaired) electrons. The Morgan fingerprint density at radius 3 is 2.78 bits per heavy atom. The summed E-state index contributed by atoms with van der Waals surface area (Å²) in [6, 6.07) is 9.66. The van der Waals surface area contributed by atoms with Crippen LogP contribution in [-0.2, 0) is 11.2 Å². The van der Waals surface area contributed by atoms with E-state index in [0.717, 1.165) is 17.0 Å². The summed E-state index contributed by atoms with van der Waals surface area (Å²) in [5.74, 6) is -0.197. The Hall–Kier alpha value is -2.01. The number of anilines is 1. The van der Waals surface area contributed by atoms with Gasteiger partial charge in [-0.25, -0.2) is 0 Å². The predicted octanol–water partition coefficient (Wildman–Crippen LogP) is 2.75. The molecule has 0 aliphatic rings. The summed E-state index contributed by atoms with van der Waals surface area (Å²) in [4.78, 5) is 11.6. The second kappa shape index (κ2) is 6.07. The van der Waals surface area contributed by atoms with Crippen LogP contribution in [0, 0.1) is 0 Å². The molecule has 1 aromatic carbocycles. The Bertz CT molecular complexity index is 548. The molecule has 0 aliphatic heterocycles. The zero-order valence-corrected chi connectivity index (χ0v) is 10.8. The van der Waals surface area contributed by atoms with Gasteiger partial charge in [0.2, 0.25) is 11.0 Å². The molecule has 0 unspecified atom stereocenters. The van der Waals surface area contributed by atoms with Gasteiger partial charge in [-0.05, 0) is 18.1 Å². The summed E-state index contributed by atoms with van der Waals surface area (Å²) in [6.07, 6.45) is 4.08. The second-order valence-electron chi connectivity index (χ2n) is 3.59. The van der Waals surface area contributed by atoms with E-state index in [9.17, 15) is 4.79 Å². The quantitative estimate of drug-likeness (QED) is 0.859. The van der Waals surface area contributed by atoms with Gasteiger partial charge in [0.1, 0.15) is 5.01 Å². The molecule has 0 atom stereocenters. The summed E-state index contributed by atoms with van der Waals surface area (Å²) >= 11 is 1.39. The van der Waals surface area contributed by atoms with Crippen LogP contribution in [0.3, 0.4) is 0 Å². The molecule has 18 heavy (non-hydrogen) atoms. The van der Waals surface area contributed by atoms with E-state index in [1.54, 1.807) is 6.08 Å². The number of carbonyl (C=O) groups is 1. The summed E-state index contributed by atoms with van der Waals surface area (Å²) in [5, 5.41) is 12.0. The fourth-order valence-electron chi connectivity index (χ4n) is 1.33. The number of nitrogens with one attached hydrogen (secondary N) is 1. The van der Waals surface area contributed by atoms with E-state index in [0.29, 0.717) is 5.13 Å². The number of hydrogen-bond donors (Lipinski definition) is 1. The van der Waals surface area contributed by atoms with Gasteiger partial charge in [0, 0.05) is 6.08 Å². The van der Waals surface area contributed by atoms with Crippen molar-refractivity contribution in [3.63, 3.8) is 0 Å². The number of aryl methyl sites for hydroxylation is 1. The van der Waals surface area contributed by atoms with Gasteiger partial charge in [0.25, 0.3) is 0 Å². The number of nitrogens with zero attached hydrogens (tertiary/aromatic N) is 2. The minimum absolute atomic E-state index is 0.197. The zero-order valence-electron chi connectivity index (χ0n) is 9.96. The fraction of sp³-hybridized carbons (Fsp3) is 0.154. The van der Waals surface area contributed by atoms with Crippen LogP contribution in [0.15, 0.2) is 36.4 Å². The zero-order chi connectivity index (χ0) is 12.8. The monoisotopic (exact) mass is 259 g/mol. The lowest BCUT2D eigenvalue weighted by Crippen LogP contribution is -2.07. The first-order valence-corrected chi connectivity index (χ1v) is 6.46. The van der Waals surface area contributed by atoms with Gasteiger partial charge < -0.3 is 0 Å². The van der Waals surface area contributed by atoms with E-state index < -0.39 is 0 Å². The molecule has 5 heteroatoms. The summed E-state index contributed by atoms with van der Waals surface area (Å²) in [7, 11) is 0. The van der Waals surface area contributed by atoms with Crippen LogP contribution in [0.25, 0.3) is 6.08 Å². The maximum Gasteiger partial charge on any atom is 0.250 e. The van der Waals surface area contributed by atoms with Crippen molar-refractivity contribution < 1.29 is 4.79 Å². The summed E-state index contributed by atoms with van der Waals surface area (Å²) < 4.78 is 0. The molecule has 2 aromatic rings. The first-order valence-electron chi connectivity index (χ1n) is 5.64. The number of amides is 1. The molecule has 4 nitrogen and oxygen atoms in total. The molecule has 1 heterocycles. The summed E-state index contributed by atoms with van der Waals surface area (Å²) in [5.41, 5.74) is 0.985. The Balaban J connectivity index is 1.94. The van der Waals surface area contributed by atoms with Crippen LogP contribution in [0.2, 0.25) is 0 Å². The fourth-order valence-corrected chi connectivity index (χ4v) is 2.01. The number of aromatic nitrogens is 2. The molecule has 1 amide bonds. The van der Waals surface area contributed by atoms with Crippen molar-refractivity contribution in [2.45, 2.75) is 13.3 Å². The van der Waals surface area contributed by atoms with Gasteiger partial charge in [0.05, 0.1) is 0 Å². The topological polar surface area (TPSA) is 54.9 Å². The van der Waals surface area contributed by atoms with E-state index in [1.165, 1.54) is 17.4 Å². The first kappa shape index (κ1) is 12.4. The normalized spacial score (nSPS) is 10.7. The number of carbonyl (C=O) groups excluding carboxylic acids is 1. The van der Waals surface area contributed by atoms with E-state index in [-0.39, 0.29) is 5.91 Å². The van der Waals surface area contributed by atoms with Gasteiger partial charge in [-0.3, -0.25) is 10.1 Å². The number of hydrogen-bond acceptors (Lipinski definition) is 4. The molecule has 0 aliphatic carbocycles. The minimum atomic E-state index is -0.197. The standard InChI is InChI=1S/C13H13N3OS/c1-2-12-15-16-13(18-12)14-11(17)9-8-10-6-4-3-5-7-10/h3-9H,2H2,1H3,(H,14,16,17). The van der Waals surface area contributed by atoms with Crippen LogP contribution in [0.4, 0.5) is 5.13 Å². The maximum absolute atomic E-state index is 11.6. The average molecular weight is 259 g/mol. The van der Waals surface area contributed by atoms with Crippen molar-refractivity contribution >= 4 is 28.5 Å². The molecule has 0 fully saturated rings. The van der Waals surface area contributed by atoms with Crippen molar-refractivity contribution in [2.24, 2.45) is 0 Å². The molecular formula is C13H13N3OS. The molecule has 0 saturated heterocycles. The molecule has 0 bridgehead atoms. The second-order valence-corrected chi connectivity index (χ2v) is 4.65. The van der Waals surface area contributed by atoms with Gasteiger partial charge in [-0.15, -0.1) is 10.2 Å². The van der Waals surface area contributed by atoms with E-state index in [1.807, 2.05) is 37.3 Å². The smallest absolute Gasteiger partial charge is 0.250 e. The highest BCUT2D eigenvalue weighted by molar-refractivity contribution is 7.15. The van der Waals surface area contributed by atoms with E-state index >= 15 is 0 Å². The molecule has 1 N–H and O–H groups in total. The van der Waals surface area contributed by atoms with Gasteiger partial charge in [-0.1, -0.05) is 48.6 Å². The first-order chi connectivity index (χ1) is 8.78. The van der Waals surface area contributed by atoms with Crippen LogP contribution in [-0.4, -0.2) is 16.1 Å². The van der Waals surface area contributed by atoms with Gasteiger partial charge >= 0.3 is 0 Å². The largest absolute Gasteiger partial charge is 0.297 e. The third kappa shape index (κ3) is 3.49. The van der Waals surface area contributed by atoms with E-state index in [4.69, 9.17) is 0 Å². The Labute approximate surface area is 109 Å². The predicted molar refractivity (Wildman–Crippen MR) is 73.4 cm³/mol. The lowest BCUT2D eigenvalue weighted by Gasteiger charge is -1.94. The van der Waals surface area contributed by atoms with Crippen molar-refractivity contribution in [3.8, 4) is 0 Å². The third-order valence-corrected chi connectivity index (χ3v) is 3.21. The molecule has 1 aromatic heterocycles. The molecule has 0 saturated carbocycles. The van der Waals surface area contributed by atoms with Crippen molar-refractivity contribution in [3.05, 3.63) is 47.0 Å². The highest BCUT2D eigenvalue weighted by Crippen LogP contribution is 2.15. The molecule has 2 rings (SSSR count). The average Bonchev–Trinajstić information content (AvgIpc) is 2.85. The van der Waals surface area contributed by atoms with Crippen LogP contribution >= 0.6 is 11.3 Å². The number of benzene rings is 1. The van der Waals surface area contributed by atoms with Crippen LogP contribution < -0.4 is 5.32 Å². The Morgan fingerprint density at radius 2 is 2.11 bits per heavy atom. The highest BCUT2D eigenvalue weighted by Gasteiger charge is 2.04. The van der Waals surface area contributed by atoms with Crippen LogP contribution in [0.1, 0.15) is 17.5 Å². The molecular weight excluding hydrogens is 246 g/mol. The Kier molecular flexibility index (Phi) is 4.20.